The van der Waals surface area contributed by atoms with Crippen molar-refractivity contribution in [1.82, 2.24) is 5.32 Å². The van der Waals surface area contributed by atoms with Crippen molar-refractivity contribution < 1.29 is 19.1 Å². The second-order valence-electron chi connectivity index (χ2n) is 3.38. The van der Waals surface area contributed by atoms with E-state index in [-0.39, 0.29) is 0 Å². The van der Waals surface area contributed by atoms with Crippen LogP contribution in [0.15, 0.2) is 24.3 Å². The van der Waals surface area contributed by atoms with E-state index in [4.69, 9.17) is 5.11 Å². The molecule has 0 aromatic heterocycles. The van der Waals surface area contributed by atoms with E-state index in [9.17, 15) is 14.0 Å². The van der Waals surface area contributed by atoms with Crippen LogP contribution in [-0.4, -0.2) is 29.7 Å². The number of alkyl halides is 1. The molecule has 5 heteroatoms. The summed E-state index contributed by atoms with van der Waals surface area (Å²) in [5.74, 6) is -1.98. The Morgan fingerprint density at radius 1 is 1.38 bits per heavy atom. The summed E-state index contributed by atoms with van der Waals surface area (Å²) in [4.78, 5) is 22.0. The lowest BCUT2D eigenvalue weighted by Gasteiger charge is -2.10. The Kier molecular flexibility index (Phi) is 3.99. The van der Waals surface area contributed by atoms with Gasteiger partial charge in [-0.15, -0.1) is 0 Å². The summed E-state index contributed by atoms with van der Waals surface area (Å²) in [5.41, 5.74) is 1.29. The minimum absolute atomic E-state index is 0.310. The van der Waals surface area contributed by atoms with Crippen molar-refractivity contribution in [2.24, 2.45) is 0 Å². The molecule has 1 atom stereocenters. The number of carbonyl (C=O) groups excluding carboxylic acids is 1. The van der Waals surface area contributed by atoms with Gasteiger partial charge in [0.2, 0.25) is 0 Å². The SMILES string of the molecule is Cc1ccc(C(=O)NC(CF)C(=O)O)cc1. The molecule has 0 heterocycles. The molecule has 0 spiro atoms. The van der Waals surface area contributed by atoms with Crippen LogP contribution in [0.25, 0.3) is 0 Å². The Bertz CT molecular complexity index is 389. The van der Waals surface area contributed by atoms with Gasteiger partial charge in [-0.3, -0.25) is 4.79 Å². The van der Waals surface area contributed by atoms with Gasteiger partial charge in [-0.1, -0.05) is 17.7 Å². The van der Waals surface area contributed by atoms with Gasteiger partial charge in [0.25, 0.3) is 5.91 Å². The molecule has 1 aromatic carbocycles. The fourth-order valence-electron chi connectivity index (χ4n) is 1.11. The maximum absolute atomic E-state index is 12.3. The van der Waals surface area contributed by atoms with Crippen LogP contribution in [0.5, 0.6) is 0 Å². The Balaban J connectivity index is 2.71. The summed E-state index contributed by atoms with van der Waals surface area (Å²) in [7, 11) is 0. The average molecular weight is 225 g/mol. The zero-order chi connectivity index (χ0) is 12.1. The van der Waals surface area contributed by atoms with E-state index in [0.29, 0.717) is 5.56 Å². The van der Waals surface area contributed by atoms with Gasteiger partial charge >= 0.3 is 5.97 Å². The molecule has 4 nitrogen and oxygen atoms in total. The lowest BCUT2D eigenvalue weighted by molar-refractivity contribution is -0.139. The summed E-state index contributed by atoms with van der Waals surface area (Å²) in [6.07, 6.45) is 0. The standard InChI is InChI=1S/C11H12FNO3/c1-7-2-4-8(5-3-7)10(14)13-9(6-12)11(15)16/h2-5,9H,6H2,1H3,(H,13,14)(H,15,16). The summed E-state index contributed by atoms with van der Waals surface area (Å²) >= 11 is 0. The van der Waals surface area contributed by atoms with Gasteiger partial charge in [0, 0.05) is 5.56 Å². The molecule has 86 valence electrons. The van der Waals surface area contributed by atoms with Crippen molar-refractivity contribution in [3.05, 3.63) is 35.4 Å². The maximum Gasteiger partial charge on any atom is 0.328 e. The highest BCUT2D eigenvalue weighted by atomic mass is 19.1. The van der Waals surface area contributed by atoms with E-state index in [0.717, 1.165) is 5.56 Å². The largest absolute Gasteiger partial charge is 0.480 e. The number of aliphatic carboxylic acids is 1. The monoisotopic (exact) mass is 225 g/mol. The van der Waals surface area contributed by atoms with Crippen LogP contribution in [0.3, 0.4) is 0 Å². The number of amides is 1. The van der Waals surface area contributed by atoms with Crippen LogP contribution < -0.4 is 5.32 Å². The molecular weight excluding hydrogens is 213 g/mol. The fourth-order valence-corrected chi connectivity index (χ4v) is 1.11. The van der Waals surface area contributed by atoms with Gasteiger partial charge in [0.15, 0.2) is 6.04 Å². The molecule has 1 rings (SSSR count). The fraction of sp³-hybridized carbons (Fsp3) is 0.273. The van der Waals surface area contributed by atoms with Gasteiger partial charge in [0.1, 0.15) is 6.67 Å². The molecule has 16 heavy (non-hydrogen) atoms. The molecule has 0 aliphatic carbocycles. The van der Waals surface area contributed by atoms with Crippen LogP contribution in [0.4, 0.5) is 4.39 Å². The molecule has 1 unspecified atom stereocenters. The zero-order valence-corrected chi connectivity index (χ0v) is 8.74. The minimum atomic E-state index is -1.49. The number of hydrogen-bond acceptors (Lipinski definition) is 2. The molecule has 0 bridgehead atoms. The van der Waals surface area contributed by atoms with Crippen LogP contribution in [0, 0.1) is 6.92 Å². The highest BCUT2D eigenvalue weighted by molar-refractivity contribution is 5.96. The first-order chi connectivity index (χ1) is 7.54. The molecule has 1 aromatic rings. The molecule has 0 saturated heterocycles. The van der Waals surface area contributed by atoms with E-state index in [2.05, 4.69) is 5.32 Å². The van der Waals surface area contributed by atoms with Gasteiger partial charge in [0.05, 0.1) is 0 Å². The average Bonchev–Trinajstić information content (AvgIpc) is 2.26. The van der Waals surface area contributed by atoms with Crippen LogP contribution in [-0.2, 0) is 4.79 Å². The zero-order valence-electron chi connectivity index (χ0n) is 8.74. The molecule has 2 N–H and O–H groups in total. The number of rotatable bonds is 4. The van der Waals surface area contributed by atoms with Gasteiger partial charge in [-0.25, -0.2) is 9.18 Å². The number of carboxylic acids is 1. The number of hydrogen-bond donors (Lipinski definition) is 2. The Morgan fingerprint density at radius 2 is 1.94 bits per heavy atom. The third-order valence-electron chi connectivity index (χ3n) is 2.07. The molecule has 0 aliphatic heterocycles. The summed E-state index contributed by atoms with van der Waals surface area (Å²) in [6.45, 7) is 0.732. The molecule has 0 aliphatic rings. The molecule has 1 amide bonds. The Morgan fingerprint density at radius 3 is 2.38 bits per heavy atom. The maximum atomic E-state index is 12.3. The van der Waals surface area contributed by atoms with Crippen molar-refractivity contribution in [2.75, 3.05) is 6.67 Å². The first kappa shape index (κ1) is 12.2. The lowest BCUT2D eigenvalue weighted by Crippen LogP contribution is -2.42. The smallest absolute Gasteiger partial charge is 0.328 e. The summed E-state index contributed by atoms with van der Waals surface area (Å²) < 4.78 is 12.3. The third-order valence-corrected chi connectivity index (χ3v) is 2.07. The normalized spacial score (nSPS) is 11.9. The van der Waals surface area contributed by atoms with Gasteiger partial charge in [-0.2, -0.15) is 0 Å². The molecule has 0 saturated carbocycles. The third kappa shape index (κ3) is 3.05. The first-order valence-corrected chi connectivity index (χ1v) is 4.71. The van der Waals surface area contributed by atoms with E-state index < -0.39 is 24.6 Å². The van der Waals surface area contributed by atoms with Crippen LogP contribution >= 0.6 is 0 Å². The lowest BCUT2D eigenvalue weighted by atomic mass is 10.1. The quantitative estimate of drug-likeness (QED) is 0.807. The van der Waals surface area contributed by atoms with E-state index in [1.165, 1.54) is 0 Å². The number of aryl methyl sites for hydroxylation is 1. The predicted molar refractivity (Wildman–Crippen MR) is 56.0 cm³/mol. The van der Waals surface area contributed by atoms with Crippen molar-refractivity contribution in [3.8, 4) is 0 Å². The van der Waals surface area contributed by atoms with E-state index >= 15 is 0 Å². The van der Waals surface area contributed by atoms with Crippen molar-refractivity contribution in [2.45, 2.75) is 13.0 Å². The van der Waals surface area contributed by atoms with E-state index in [1.807, 2.05) is 6.92 Å². The molecule has 0 fully saturated rings. The Hall–Kier alpha value is -1.91. The number of carboxylic acid groups (broad SMARTS) is 1. The number of nitrogens with one attached hydrogen (secondary N) is 1. The van der Waals surface area contributed by atoms with Crippen LogP contribution in [0.1, 0.15) is 15.9 Å². The predicted octanol–water partition coefficient (Wildman–Crippen LogP) is 1.15. The van der Waals surface area contributed by atoms with Gasteiger partial charge < -0.3 is 10.4 Å². The second kappa shape index (κ2) is 5.25. The Labute approximate surface area is 92.1 Å². The summed E-state index contributed by atoms with van der Waals surface area (Å²) in [6, 6.07) is 5.07. The van der Waals surface area contributed by atoms with Crippen molar-refractivity contribution in [1.29, 1.82) is 0 Å². The topological polar surface area (TPSA) is 66.4 Å². The second-order valence-corrected chi connectivity index (χ2v) is 3.38. The molecular formula is C11H12FNO3. The highest BCUT2D eigenvalue weighted by Crippen LogP contribution is 2.03. The van der Waals surface area contributed by atoms with Crippen LogP contribution in [0.2, 0.25) is 0 Å². The minimum Gasteiger partial charge on any atom is -0.480 e. The number of halogens is 1. The number of benzene rings is 1. The van der Waals surface area contributed by atoms with Crippen molar-refractivity contribution in [3.63, 3.8) is 0 Å². The first-order valence-electron chi connectivity index (χ1n) is 4.71. The summed E-state index contributed by atoms with van der Waals surface area (Å²) in [5, 5.41) is 10.6. The van der Waals surface area contributed by atoms with E-state index in [1.54, 1.807) is 24.3 Å². The number of carbonyl (C=O) groups is 2. The van der Waals surface area contributed by atoms with Crippen molar-refractivity contribution >= 4 is 11.9 Å². The van der Waals surface area contributed by atoms with Gasteiger partial charge in [-0.05, 0) is 19.1 Å². The highest BCUT2D eigenvalue weighted by Gasteiger charge is 2.19. The molecule has 0 radical (unpaired) electrons.